The minimum atomic E-state index is -0.323. The molecular weight excluding hydrogens is 301 g/mol. The highest BCUT2D eigenvalue weighted by molar-refractivity contribution is 6.30. The Labute approximate surface area is 138 Å². The molecule has 0 aromatic heterocycles. The first-order chi connectivity index (χ1) is 10.5. The monoisotopic (exact) mass is 327 g/mol. The largest absolute Gasteiger partial charge is 0.308 e. The predicted octanol–water partition coefficient (Wildman–Crippen LogP) is 2.94. The molecule has 0 N–H and O–H groups in total. The molecule has 1 fully saturated rings. The van der Waals surface area contributed by atoms with Gasteiger partial charge in [-0.3, -0.25) is 4.90 Å². The number of hydrogen-bond donors (Lipinski definition) is 0. The predicted molar refractivity (Wildman–Crippen MR) is 90.9 cm³/mol. The van der Waals surface area contributed by atoms with Crippen LogP contribution in [0.15, 0.2) is 18.2 Å². The summed E-state index contributed by atoms with van der Waals surface area (Å²) in [6, 6.07) is 5.72. The summed E-state index contributed by atoms with van der Waals surface area (Å²) >= 11 is 5.75. The summed E-state index contributed by atoms with van der Waals surface area (Å²) in [6.45, 7) is 5.10. The number of piperidine rings is 1. The van der Waals surface area contributed by atoms with Crippen LogP contribution in [0.5, 0.6) is 0 Å². The molecular formula is C17H27ClFN3. The molecule has 0 bridgehead atoms. The third-order valence-electron chi connectivity index (χ3n) is 4.39. The van der Waals surface area contributed by atoms with Crippen molar-refractivity contribution >= 4 is 11.6 Å². The van der Waals surface area contributed by atoms with E-state index in [0.717, 1.165) is 38.3 Å². The molecule has 1 atom stereocenters. The van der Waals surface area contributed by atoms with E-state index in [9.17, 15) is 4.39 Å². The number of likely N-dealkylation sites (tertiary alicyclic amines) is 1. The van der Waals surface area contributed by atoms with Crippen LogP contribution in [-0.2, 0) is 6.54 Å². The van der Waals surface area contributed by atoms with Crippen molar-refractivity contribution in [1.29, 1.82) is 0 Å². The van der Waals surface area contributed by atoms with Crippen LogP contribution in [0.3, 0.4) is 0 Å². The molecule has 0 spiro atoms. The molecule has 0 amide bonds. The lowest BCUT2D eigenvalue weighted by Gasteiger charge is -2.38. The number of likely N-dealkylation sites (N-methyl/N-ethyl adjacent to an activating group) is 2. The molecule has 1 saturated heterocycles. The zero-order valence-corrected chi connectivity index (χ0v) is 14.6. The lowest BCUT2D eigenvalue weighted by atomic mass is 10.0. The Balaban J connectivity index is 1.88. The highest BCUT2D eigenvalue weighted by Crippen LogP contribution is 2.20. The van der Waals surface area contributed by atoms with Crippen molar-refractivity contribution in [1.82, 2.24) is 14.7 Å². The minimum absolute atomic E-state index is 0.198. The first kappa shape index (κ1) is 17.7. The Kier molecular flexibility index (Phi) is 6.63. The molecule has 22 heavy (non-hydrogen) atoms. The average Bonchev–Trinajstić information content (AvgIpc) is 2.49. The molecule has 1 unspecified atom stereocenters. The van der Waals surface area contributed by atoms with Gasteiger partial charge in [-0.05, 0) is 58.2 Å². The van der Waals surface area contributed by atoms with Crippen LogP contribution in [0.1, 0.15) is 18.4 Å². The summed E-state index contributed by atoms with van der Waals surface area (Å²) in [4.78, 5) is 7.09. The number of halogens is 2. The Morgan fingerprint density at radius 2 is 2.05 bits per heavy atom. The molecule has 0 radical (unpaired) electrons. The Bertz CT molecular complexity index is 481. The molecule has 0 aliphatic carbocycles. The van der Waals surface area contributed by atoms with E-state index in [-0.39, 0.29) is 10.8 Å². The molecule has 0 saturated carbocycles. The molecule has 1 aromatic carbocycles. The smallest absolute Gasteiger partial charge is 0.142 e. The number of hydrogen-bond acceptors (Lipinski definition) is 3. The number of nitrogens with zero attached hydrogens (tertiary/aromatic N) is 3. The Morgan fingerprint density at radius 3 is 2.73 bits per heavy atom. The van der Waals surface area contributed by atoms with Crippen molar-refractivity contribution in [3.05, 3.63) is 34.6 Å². The molecule has 1 aliphatic rings. The summed E-state index contributed by atoms with van der Waals surface area (Å²) in [7, 11) is 6.42. The molecule has 3 nitrogen and oxygen atoms in total. The number of rotatable bonds is 6. The molecule has 1 aromatic rings. The maximum atomic E-state index is 13.6. The van der Waals surface area contributed by atoms with Crippen LogP contribution >= 0.6 is 11.6 Å². The molecule has 1 aliphatic heterocycles. The lowest BCUT2D eigenvalue weighted by molar-refractivity contribution is 0.106. The van der Waals surface area contributed by atoms with Gasteiger partial charge < -0.3 is 9.80 Å². The van der Waals surface area contributed by atoms with E-state index in [1.807, 2.05) is 6.07 Å². The van der Waals surface area contributed by atoms with Crippen molar-refractivity contribution in [3.8, 4) is 0 Å². The van der Waals surface area contributed by atoms with Crippen molar-refractivity contribution in [2.45, 2.75) is 25.4 Å². The van der Waals surface area contributed by atoms with E-state index in [4.69, 9.17) is 11.6 Å². The van der Waals surface area contributed by atoms with Gasteiger partial charge in [0.25, 0.3) is 0 Å². The van der Waals surface area contributed by atoms with Gasteiger partial charge >= 0.3 is 0 Å². The standard InChI is InChI=1S/C17H27ClFN3/c1-20(2)9-10-21(3)15-5-4-8-22(13-15)12-14-6-7-16(18)17(19)11-14/h6-7,11,15H,4-5,8-10,12-13H2,1-3H3. The zero-order chi connectivity index (χ0) is 16.1. The Hall–Kier alpha value is -0.680. The highest BCUT2D eigenvalue weighted by atomic mass is 35.5. The van der Waals surface area contributed by atoms with Crippen molar-refractivity contribution in [2.24, 2.45) is 0 Å². The Morgan fingerprint density at radius 1 is 1.27 bits per heavy atom. The summed E-state index contributed by atoms with van der Waals surface area (Å²) in [5, 5.41) is 0.198. The van der Waals surface area contributed by atoms with E-state index < -0.39 is 0 Å². The van der Waals surface area contributed by atoms with Crippen LogP contribution < -0.4 is 0 Å². The maximum Gasteiger partial charge on any atom is 0.142 e. The van der Waals surface area contributed by atoms with Gasteiger partial charge in [-0.15, -0.1) is 0 Å². The topological polar surface area (TPSA) is 9.72 Å². The lowest BCUT2D eigenvalue weighted by Crippen LogP contribution is -2.47. The zero-order valence-electron chi connectivity index (χ0n) is 13.9. The van der Waals surface area contributed by atoms with Gasteiger partial charge in [-0.2, -0.15) is 0 Å². The third kappa shape index (κ3) is 5.20. The second-order valence-electron chi connectivity index (χ2n) is 6.56. The first-order valence-corrected chi connectivity index (χ1v) is 8.34. The van der Waals surface area contributed by atoms with E-state index >= 15 is 0 Å². The second kappa shape index (κ2) is 8.25. The van der Waals surface area contributed by atoms with Crippen LogP contribution in [0.25, 0.3) is 0 Å². The highest BCUT2D eigenvalue weighted by Gasteiger charge is 2.23. The van der Waals surface area contributed by atoms with Crippen molar-refractivity contribution in [3.63, 3.8) is 0 Å². The van der Waals surface area contributed by atoms with Gasteiger partial charge in [0.1, 0.15) is 5.82 Å². The summed E-state index contributed by atoms with van der Waals surface area (Å²) in [5.74, 6) is -0.323. The molecule has 5 heteroatoms. The van der Waals surface area contributed by atoms with E-state index in [2.05, 4.69) is 35.8 Å². The van der Waals surface area contributed by atoms with Gasteiger partial charge in [0, 0.05) is 32.2 Å². The van der Waals surface area contributed by atoms with E-state index in [1.54, 1.807) is 12.1 Å². The fourth-order valence-corrected chi connectivity index (χ4v) is 3.09. The maximum absolute atomic E-state index is 13.6. The van der Waals surface area contributed by atoms with Gasteiger partial charge in [-0.1, -0.05) is 17.7 Å². The first-order valence-electron chi connectivity index (χ1n) is 7.97. The van der Waals surface area contributed by atoms with Crippen LogP contribution in [0.2, 0.25) is 5.02 Å². The average molecular weight is 328 g/mol. The summed E-state index contributed by atoms with van der Waals surface area (Å²) in [5.41, 5.74) is 0.999. The van der Waals surface area contributed by atoms with Crippen molar-refractivity contribution < 1.29 is 4.39 Å². The van der Waals surface area contributed by atoms with Gasteiger partial charge in [0.05, 0.1) is 5.02 Å². The normalized spacial score (nSPS) is 20.0. The van der Waals surface area contributed by atoms with Crippen molar-refractivity contribution in [2.75, 3.05) is 47.3 Å². The summed E-state index contributed by atoms with van der Waals surface area (Å²) < 4.78 is 13.6. The quantitative estimate of drug-likeness (QED) is 0.795. The van der Waals surface area contributed by atoms with E-state index in [1.165, 1.54) is 12.8 Å². The molecule has 124 valence electrons. The summed E-state index contributed by atoms with van der Waals surface area (Å²) in [6.07, 6.45) is 2.45. The van der Waals surface area contributed by atoms with Gasteiger partial charge in [-0.25, -0.2) is 4.39 Å². The van der Waals surface area contributed by atoms with Crippen LogP contribution in [0.4, 0.5) is 4.39 Å². The second-order valence-corrected chi connectivity index (χ2v) is 6.97. The molecule has 1 heterocycles. The SMILES string of the molecule is CN(C)CCN(C)C1CCCN(Cc2ccc(Cl)c(F)c2)C1. The minimum Gasteiger partial charge on any atom is -0.308 e. The fourth-order valence-electron chi connectivity index (χ4n) is 2.97. The van der Waals surface area contributed by atoms with E-state index in [0.29, 0.717) is 6.04 Å². The van der Waals surface area contributed by atoms with Crippen LogP contribution in [-0.4, -0.2) is 68.1 Å². The number of benzene rings is 1. The van der Waals surface area contributed by atoms with Gasteiger partial charge in [0.15, 0.2) is 0 Å². The van der Waals surface area contributed by atoms with Gasteiger partial charge in [0.2, 0.25) is 0 Å². The fraction of sp³-hybridized carbons (Fsp3) is 0.647. The van der Waals surface area contributed by atoms with Crippen LogP contribution in [0, 0.1) is 5.82 Å². The molecule has 2 rings (SSSR count). The third-order valence-corrected chi connectivity index (χ3v) is 4.70.